The molecule has 5 heterocycles. The van der Waals surface area contributed by atoms with Gasteiger partial charge < -0.3 is 19.5 Å². The number of Topliss-reactive ketones (excluding diaryl/α,β-unsaturated/α-hetero) is 1. The summed E-state index contributed by atoms with van der Waals surface area (Å²) in [6.07, 6.45) is 9.33. The summed E-state index contributed by atoms with van der Waals surface area (Å²) in [5.74, 6) is -0.485. The van der Waals surface area contributed by atoms with Gasteiger partial charge in [0, 0.05) is 30.1 Å². The van der Waals surface area contributed by atoms with Gasteiger partial charge in [-0.05, 0) is 49.9 Å². The molecule has 2 aromatic carbocycles. The summed E-state index contributed by atoms with van der Waals surface area (Å²) in [6, 6.07) is 16.8. The number of ketones is 1. The largest absolute Gasteiger partial charge is 0.464 e. The molecule has 4 fully saturated rings. The van der Waals surface area contributed by atoms with Gasteiger partial charge in [-0.25, -0.2) is 0 Å². The van der Waals surface area contributed by atoms with Crippen molar-refractivity contribution in [3.8, 4) is 0 Å². The third-order valence-corrected chi connectivity index (χ3v) is 9.98. The van der Waals surface area contributed by atoms with Crippen molar-refractivity contribution in [2.24, 2.45) is 5.92 Å². The first-order chi connectivity index (χ1) is 19.1. The fraction of sp³-hybridized carbons (Fsp3) is 0.500. The smallest absolute Gasteiger partial charge is 0.238 e. The van der Waals surface area contributed by atoms with E-state index in [0.717, 1.165) is 62.7 Å². The normalized spacial score (nSPS) is 36.3. The first-order valence-corrected chi connectivity index (χ1v) is 14.6. The summed E-state index contributed by atoms with van der Waals surface area (Å²) in [6.45, 7) is 0.812. The zero-order valence-corrected chi connectivity index (χ0v) is 22.0. The highest BCUT2D eigenvalue weighted by molar-refractivity contribution is 6.13. The van der Waals surface area contributed by atoms with Crippen LogP contribution in [0.1, 0.15) is 67.3 Å². The van der Waals surface area contributed by atoms with E-state index in [1.54, 1.807) is 0 Å². The van der Waals surface area contributed by atoms with E-state index in [0.29, 0.717) is 11.3 Å². The summed E-state index contributed by atoms with van der Waals surface area (Å²) in [5.41, 5.74) is 1.21. The number of ether oxygens (including phenoxy) is 3. The molecular formula is C32H34N2O5. The second-order valence-corrected chi connectivity index (χ2v) is 12.0. The van der Waals surface area contributed by atoms with E-state index >= 15 is 0 Å². The Morgan fingerprint density at radius 3 is 2.54 bits per heavy atom. The molecule has 6 unspecified atom stereocenters. The van der Waals surface area contributed by atoms with E-state index in [-0.39, 0.29) is 23.8 Å². The minimum absolute atomic E-state index is 0.0225. The van der Waals surface area contributed by atoms with E-state index < -0.39 is 29.5 Å². The maximum atomic E-state index is 14.5. The van der Waals surface area contributed by atoms with Crippen molar-refractivity contribution in [3.05, 3.63) is 77.6 Å². The number of hydrogen-bond donors (Lipinski definition) is 1. The Hall–Kier alpha value is -3.00. The fourth-order valence-electron chi connectivity index (χ4n) is 8.46. The number of anilines is 1. The van der Waals surface area contributed by atoms with Gasteiger partial charge in [0.15, 0.2) is 11.6 Å². The van der Waals surface area contributed by atoms with Crippen LogP contribution in [0.25, 0.3) is 0 Å². The minimum Gasteiger partial charge on any atom is -0.464 e. The molecule has 6 atom stereocenters. The number of fused-ring (bicyclic) bond motifs is 4. The fourth-order valence-corrected chi connectivity index (χ4v) is 8.46. The van der Waals surface area contributed by atoms with E-state index in [2.05, 4.69) is 16.3 Å². The van der Waals surface area contributed by atoms with E-state index in [9.17, 15) is 9.59 Å². The van der Waals surface area contributed by atoms with Crippen LogP contribution >= 0.6 is 0 Å². The second kappa shape index (κ2) is 8.75. The molecule has 6 aliphatic rings. The molecule has 7 nitrogen and oxygen atoms in total. The molecule has 2 spiro atoms. The lowest BCUT2D eigenvalue weighted by Gasteiger charge is -2.38. The Morgan fingerprint density at radius 2 is 1.72 bits per heavy atom. The van der Waals surface area contributed by atoms with Crippen molar-refractivity contribution < 1.29 is 23.8 Å². The number of nitrogens with zero attached hydrogens (tertiary/aromatic N) is 1. The molecular weight excluding hydrogens is 492 g/mol. The van der Waals surface area contributed by atoms with Crippen LogP contribution in [0.2, 0.25) is 0 Å². The van der Waals surface area contributed by atoms with Crippen LogP contribution in [0.4, 0.5) is 5.69 Å². The Morgan fingerprint density at radius 1 is 0.923 bits per heavy atom. The van der Waals surface area contributed by atoms with Crippen LogP contribution in [0, 0.1) is 5.92 Å². The van der Waals surface area contributed by atoms with Crippen molar-refractivity contribution in [3.63, 3.8) is 0 Å². The highest BCUT2D eigenvalue weighted by Crippen LogP contribution is 2.59. The van der Waals surface area contributed by atoms with Crippen molar-refractivity contribution in [1.82, 2.24) is 4.90 Å². The van der Waals surface area contributed by atoms with Gasteiger partial charge >= 0.3 is 0 Å². The predicted octanol–water partition coefficient (Wildman–Crippen LogP) is 4.93. The topological polar surface area (TPSA) is 77.1 Å². The van der Waals surface area contributed by atoms with Gasteiger partial charge in [-0.3, -0.25) is 14.5 Å². The molecule has 0 aromatic heterocycles. The van der Waals surface area contributed by atoms with Gasteiger partial charge in [-0.1, -0.05) is 61.4 Å². The van der Waals surface area contributed by atoms with Crippen LogP contribution in [0.3, 0.4) is 0 Å². The Kier molecular flexibility index (Phi) is 5.35. The molecule has 8 rings (SSSR count). The van der Waals surface area contributed by atoms with Crippen LogP contribution in [-0.4, -0.2) is 53.4 Å². The van der Waals surface area contributed by atoms with Gasteiger partial charge in [-0.15, -0.1) is 0 Å². The van der Waals surface area contributed by atoms with Gasteiger partial charge in [0.2, 0.25) is 12.2 Å². The Bertz CT molecular complexity index is 1350. The van der Waals surface area contributed by atoms with Gasteiger partial charge in [-0.2, -0.15) is 0 Å². The summed E-state index contributed by atoms with van der Waals surface area (Å²) in [5, 5.41) is 3.16. The number of carbonyl (C=O) groups is 2. The molecule has 1 N–H and O–H groups in total. The molecule has 7 heteroatoms. The highest BCUT2D eigenvalue weighted by atomic mass is 16.8. The lowest BCUT2D eigenvalue weighted by atomic mass is 9.64. The zero-order chi connectivity index (χ0) is 26.2. The summed E-state index contributed by atoms with van der Waals surface area (Å²) in [4.78, 5) is 31.2. The average Bonchev–Trinajstić information content (AvgIpc) is 3.66. The standard InChI is InChI=1S/C32H34N2O5/c35-27(20-11-3-1-4-12-20)26-23-15-7-10-18-34(23)28(32(26)21-13-5-6-14-22(21)33-30(32)36)24-19-25-29(37-24)39-31(38-25)16-8-2-9-17-31/h1,3-6,11-14,19,23,25-26,28-29H,2,7-10,15-18H2,(H,33,36). The van der Waals surface area contributed by atoms with Gasteiger partial charge in [0.05, 0.1) is 12.0 Å². The number of amides is 1. The van der Waals surface area contributed by atoms with Crippen molar-refractivity contribution in [1.29, 1.82) is 0 Å². The molecule has 5 aliphatic heterocycles. The van der Waals surface area contributed by atoms with Crippen LogP contribution < -0.4 is 5.32 Å². The molecule has 39 heavy (non-hydrogen) atoms. The third kappa shape index (κ3) is 3.33. The van der Waals surface area contributed by atoms with Crippen LogP contribution in [0.15, 0.2) is 66.4 Å². The zero-order valence-electron chi connectivity index (χ0n) is 22.0. The van der Waals surface area contributed by atoms with E-state index in [4.69, 9.17) is 14.2 Å². The molecule has 1 saturated carbocycles. The number of hydrogen-bond acceptors (Lipinski definition) is 6. The highest BCUT2D eigenvalue weighted by Gasteiger charge is 2.71. The first-order valence-electron chi connectivity index (χ1n) is 14.6. The lowest BCUT2D eigenvalue weighted by Crippen LogP contribution is -2.52. The van der Waals surface area contributed by atoms with Gasteiger partial charge in [0.25, 0.3) is 0 Å². The quantitative estimate of drug-likeness (QED) is 0.572. The number of carbonyl (C=O) groups excluding carboxylic acids is 2. The summed E-state index contributed by atoms with van der Waals surface area (Å²) in [7, 11) is 0. The van der Waals surface area contributed by atoms with E-state index in [1.807, 2.05) is 54.6 Å². The number of para-hydroxylation sites is 1. The molecule has 202 valence electrons. The number of nitrogens with one attached hydrogen (secondary N) is 1. The molecule has 1 amide bonds. The molecule has 0 bridgehead atoms. The average molecular weight is 527 g/mol. The number of rotatable bonds is 3. The SMILES string of the molecule is O=C(c1ccccc1)C1C2CCCCN2C(C2=CC3OC4(CCCCC4)OC3O2)C12C(=O)Nc1ccccc12. The number of piperidine rings is 1. The Labute approximate surface area is 228 Å². The van der Waals surface area contributed by atoms with Crippen molar-refractivity contribution in [2.45, 2.75) is 87.0 Å². The molecule has 2 aromatic rings. The van der Waals surface area contributed by atoms with Crippen LogP contribution in [-0.2, 0) is 24.4 Å². The lowest BCUT2D eigenvalue weighted by molar-refractivity contribution is -0.221. The predicted molar refractivity (Wildman–Crippen MR) is 144 cm³/mol. The van der Waals surface area contributed by atoms with Crippen molar-refractivity contribution in [2.75, 3.05) is 11.9 Å². The minimum atomic E-state index is -1.11. The molecule has 0 radical (unpaired) electrons. The third-order valence-electron chi connectivity index (χ3n) is 9.98. The maximum absolute atomic E-state index is 14.5. The Balaban J connectivity index is 1.27. The second-order valence-electron chi connectivity index (χ2n) is 12.0. The maximum Gasteiger partial charge on any atom is 0.238 e. The van der Waals surface area contributed by atoms with Gasteiger partial charge in [0.1, 0.15) is 17.3 Å². The van der Waals surface area contributed by atoms with Crippen molar-refractivity contribution >= 4 is 17.4 Å². The van der Waals surface area contributed by atoms with E-state index in [1.165, 1.54) is 6.42 Å². The first kappa shape index (κ1) is 23.9. The summed E-state index contributed by atoms with van der Waals surface area (Å²) < 4.78 is 19.6. The monoisotopic (exact) mass is 526 g/mol. The van der Waals surface area contributed by atoms with Crippen LogP contribution in [0.5, 0.6) is 0 Å². The molecule has 1 aliphatic carbocycles. The molecule has 3 saturated heterocycles. The number of benzene rings is 2. The summed E-state index contributed by atoms with van der Waals surface area (Å²) >= 11 is 0.